The Bertz CT molecular complexity index is 773. The van der Waals surface area contributed by atoms with Crippen LogP contribution in [0.5, 0.6) is 0 Å². The molecule has 0 bridgehead atoms. The van der Waals surface area contributed by atoms with E-state index in [-0.39, 0.29) is 5.60 Å². The van der Waals surface area contributed by atoms with Gasteiger partial charge in [-0.05, 0) is 113 Å². The van der Waals surface area contributed by atoms with E-state index >= 15 is 0 Å². The van der Waals surface area contributed by atoms with Crippen molar-refractivity contribution in [1.82, 2.24) is 4.90 Å². The van der Waals surface area contributed by atoms with Gasteiger partial charge in [0.1, 0.15) is 0 Å². The molecule has 31 heavy (non-hydrogen) atoms. The van der Waals surface area contributed by atoms with E-state index in [9.17, 15) is 0 Å². The minimum atomic E-state index is 0.114. The lowest BCUT2D eigenvalue weighted by Gasteiger charge is -2.59. The quantitative estimate of drug-likeness (QED) is 0.388. The number of allylic oxidation sites excluding steroid dienone is 1. The lowest BCUT2D eigenvalue weighted by molar-refractivity contribution is -0.101. The largest absolute Gasteiger partial charge is 0.369 e. The number of likely N-dealkylation sites (tertiary alicyclic amines) is 1. The molecule has 2 heterocycles. The molecule has 2 aliphatic heterocycles. The maximum absolute atomic E-state index is 7.07. The molecule has 2 nitrogen and oxygen atoms in total. The first-order valence-electron chi connectivity index (χ1n) is 13.8. The second kappa shape index (κ2) is 7.08. The summed E-state index contributed by atoms with van der Waals surface area (Å²) in [5.41, 5.74) is 4.95. The van der Waals surface area contributed by atoms with Gasteiger partial charge in [-0.15, -0.1) is 0 Å². The average Bonchev–Trinajstić information content (AvgIpc) is 3.20. The molecule has 0 aromatic heterocycles. The standard InChI is InChI=1S/C29H47NO/c1-19-18-29(20(2)26-25(31-29)9-8-16-30(26)5)15-11-21-22-10-14-27(3)12-6-7-13-28(27,4)24(22)17-23(19)21/h20-22,24-26H,6-18H2,1-5H3. The van der Waals surface area contributed by atoms with Crippen LogP contribution in [0.25, 0.3) is 0 Å². The summed E-state index contributed by atoms with van der Waals surface area (Å²) in [5, 5.41) is 0. The minimum Gasteiger partial charge on any atom is -0.369 e. The topological polar surface area (TPSA) is 12.5 Å². The number of ether oxygens (including phenoxy) is 1. The Morgan fingerprint density at radius 3 is 2.58 bits per heavy atom. The molecular weight excluding hydrogens is 378 g/mol. The third kappa shape index (κ3) is 2.82. The fourth-order valence-corrected chi connectivity index (χ4v) is 10.4. The molecule has 0 amide bonds. The van der Waals surface area contributed by atoms with Gasteiger partial charge in [0.15, 0.2) is 0 Å². The molecule has 9 unspecified atom stereocenters. The number of fused-ring (bicyclic) bond motifs is 6. The van der Waals surface area contributed by atoms with Crippen LogP contribution in [0, 0.1) is 34.5 Å². The van der Waals surface area contributed by atoms with Crippen molar-refractivity contribution in [2.24, 2.45) is 34.5 Å². The normalized spacial score (nSPS) is 54.9. The zero-order valence-electron chi connectivity index (χ0n) is 21.0. The Labute approximate surface area is 191 Å². The maximum Gasteiger partial charge on any atom is 0.0765 e. The van der Waals surface area contributed by atoms with E-state index in [1.165, 1.54) is 83.6 Å². The summed E-state index contributed by atoms with van der Waals surface area (Å²) in [7, 11) is 2.35. The summed E-state index contributed by atoms with van der Waals surface area (Å²) in [6.45, 7) is 11.7. The van der Waals surface area contributed by atoms with E-state index in [1.807, 2.05) is 5.57 Å². The van der Waals surface area contributed by atoms with Crippen LogP contribution in [-0.4, -0.2) is 36.2 Å². The average molecular weight is 426 g/mol. The second-order valence-corrected chi connectivity index (χ2v) is 13.4. The molecule has 0 aromatic carbocycles. The van der Waals surface area contributed by atoms with Crippen molar-refractivity contribution in [2.75, 3.05) is 13.6 Å². The molecule has 6 rings (SSSR count). The van der Waals surface area contributed by atoms with E-state index in [2.05, 4.69) is 39.6 Å². The highest BCUT2D eigenvalue weighted by Crippen LogP contribution is 2.69. The summed E-state index contributed by atoms with van der Waals surface area (Å²) in [4.78, 5) is 2.63. The van der Waals surface area contributed by atoms with Crippen molar-refractivity contribution in [1.29, 1.82) is 0 Å². The molecule has 5 fully saturated rings. The molecule has 2 heteroatoms. The Balaban J connectivity index is 1.31. The lowest BCUT2D eigenvalue weighted by Crippen LogP contribution is -2.51. The summed E-state index contributed by atoms with van der Waals surface area (Å²) in [6.07, 6.45) is 17.3. The van der Waals surface area contributed by atoms with Gasteiger partial charge >= 0.3 is 0 Å². The molecule has 174 valence electrons. The first-order chi connectivity index (χ1) is 14.8. The minimum absolute atomic E-state index is 0.114. The molecule has 1 spiro atoms. The van der Waals surface area contributed by atoms with Crippen molar-refractivity contribution >= 4 is 0 Å². The Morgan fingerprint density at radius 1 is 0.968 bits per heavy atom. The first kappa shape index (κ1) is 21.2. The Hall–Kier alpha value is -0.340. The molecule has 3 saturated carbocycles. The Morgan fingerprint density at radius 2 is 1.77 bits per heavy atom. The van der Waals surface area contributed by atoms with Crippen LogP contribution in [0.3, 0.4) is 0 Å². The maximum atomic E-state index is 7.07. The van der Waals surface area contributed by atoms with Crippen molar-refractivity contribution < 1.29 is 4.74 Å². The molecule has 9 atom stereocenters. The monoisotopic (exact) mass is 425 g/mol. The summed E-state index contributed by atoms with van der Waals surface area (Å²) < 4.78 is 7.07. The fraction of sp³-hybridized carbons (Fsp3) is 0.931. The molecule has 0 radical (unpaired) electrons. The van der Waals surface area contributed by atoms with Gasteiger partial charge in [0.05, 0.1) is 11.7 Å². The van der Waals surface area contributed by atoms with Crippen LogP contribution < -0.4 is 0 Å². The van der Waals surface area contributed by atoms with Gasteiger partial charge in [0.2, 0.25) is 0 Å². The first-order valence-corrected chi connectivity index (χ1v) is 13.8. The number of hydrogen-bond acceptors (Lipinski definition) is 2. The van der Waals surface area contributed by atoms with E-state index in [0.717, 1.165) is 17.8 Å². The van der Waals surface area contributed by atoms with Gasteiger partial charge in [-0.1, -0.05) is 44.8 Å². The second-order valence-electron chi connectivity index (χ2n) is 13.4. The Kier molecular flexibility index (Phi) is 4.84. The van der Waals surface area contributed by atoms with Crippen LogP contribution in [-0.2, 0) is 4.74 Å². The van der Waals surface area contributed by atoms with E-state index < -0.39 is 0 Å². The third-order valence-corrected chi connectivity index (χ3v) is 12.4. The smallest absolute Gasteiger partial charge is 0.0765 e. The predicted molar refractivity (Wildman–Crippen MR) is 128 cm³/mol. The number of rotatable bonds is 0. The fourth-order valence-electron chi connectivity index (χ4n) is 10.4. The van der Waals surface area contributed by atoms with Crippen LogP contribution in [0.2, 0.25) is 0 Å². The highest BCUT2D eigenvalue weighted by atomic mass is 16.5. The highest BCUT2D eigenvalue weighted by Gasteiger charge is 2.61. The lowest BCUT2D eigenvalue weighted by atomic mass is 9.46. The predicted octanol–water partition coefficient (Wildman–Crippen LogP) is 6.99. The van der Waals surface area contributed by atoms with E-state index in [0.29, 0.717) is 28.9 Å². The highest BCUT2D eigenvalue weighted by molar-refractivity contribution is 5.29. The number of likely N-dealkylation sites (N-methyl/N-ethyl adjacent to an activating group) is 1. The zero-order chi connectivity index (χ0) is 21.6. The van der Waals surface area contributed by atoms with Gasteiger partial charge < -0.3 is 9.64 Å². The zero-order valence-corrected chi connectivity index (χ0v) is 21.0. The van der Waals surface area contributed by atoms with E-state index in [1.54, 1.807) is 5.57 Å². The van der Waals surface area contributed by atoms with Crippen molar-refractivity contribution in [3.63, 3.8) is 0 Å². The summed E-state index contributed by atoms with van der Waals surface area (Å²) in [5.74, 6) is 3.44. The summed E-state index contributed by atoms with van der Waals surface area (Å²) in [6, 6.07) is 0.647. The van der Waals surface area contributed by atoms with Gasteiger partial charge in [0.25, 0.3) is 0 Å². The SMILES string of the molecule is CC1=C2CC3C(CCC4(C)CCCCC34C)C2CCC2(C1)OC1CCCN(C)C1C2C. The van der Waals surface area contributed by atoms with Gasteiger partial charge in [-0.3, -0.25) is 0 Å². The molecular formula is C29H47NO. The van der Waals surface area contributed by atoms with Crippen molar-refractivity contribution in [3.8, 4) is 0 Å². The molecule has 0 N–H and O–H groups in total. The van der Waals surface area contributed by atoms with Crippen LogP contribution >= 0.6 is 0 Å². The molecule has 0 aromatic rings. The molecule has 6 aliphatic rings. The third-order valence-electron chi connectivity index (χ3n) is 12.4. The van der Waals surface area contributed by atoms with E-state index in [4.69, 9.17) is 4.74 Å². The van der Waals surface area contributed by atoms with Gasteiger partial charge in [-0.25, -0.2) is 0 Å². The number of hydrogen-bond donors (Lipinski definition) is 0. The molecule has 4 aliphatic carbocycles. The number of nitrogens with zero attached hydrogens (tertiary/aromatic N) is 1. The number of piperidine rings is 1. The van der Waals surface area contributed by atoms with Gasteiger partial charge in [0, 0.05) is 12.0 Å². The van der Waals surface area contributed by atoms with Crippen LogP contribution in [0.15, 0.2) is 11.1 Å². The van der Waals surface area contributed by atoms with Crippen LogP contribution in [0.1, 0.15) is 105 Å². The van der Waals surface area contributed by atoms with Crippen LogP contribution in [0.4, 0.5) is 0 Å². The molecule has 2 saturated heterocycles. The van der Waals surface area contributed by atoms with Crippen molar-refractivity contribution in [3.05, 3.63) is 11.1 Å². The summed E-state index contributed by atoms with van der Waals surface area (Å²) >= 11 is 0. The van der Waals surface area contributed by atoms with Gasteiger partial charge in [-0.2, -0.15) is 0 Å². The van der Waals surface area contributed by atoms with Crippen molar-refractivity contribution in [2.45, 2.75) is 122 Å².